The summed E-state index contributed by atoms with van der Waals surface area (Å²) in [4.78, 5) is 38.8. The van der Waals surface area contributed by atoms with Gasteiger partial charge in [0, 0.05) is 67.6 Å². The van der Waals surface area contributed by atoms with E-state index < -0.39 is 27.5 Å². The Morgan fingerprint density at radius 1 is 1.06 bits per heavy atom. The number of carbonyl (C=O) groups excluding carboxylic acids is 2. The molecular formula is C35H46Cl2N8O6S. The highest BCUT2D eigenvalue weighted by atomic mass is 35.5. The van der Waals surface area contributed by atoms with E-state index in [1.807, 2.05) is 32.0 Å². The number of rotatable bonds is 13. The maximum atomic E-state index is 14.2. The Morgan fingerprint density at radius 3 is 2.44 bits per heavy atom. The number of nitrogens with zero attached hydrogens (tertiary/aromatic N) is 4. The van der Waals surface area contributed by atoms with Gasteiger partial charge >= 0.3 is 0 Å². The molecule has 3 heterocycles. The zero-order valence-corrected chi connectivity index (χ0v) is 31.7. The number of sulfonamides is 1. The average molecular weight is 778 g/mol. The van der Waals surface area contributed by atoms with Crippen molar-refractivity contribution in [2.75, 3.05) is 45.9 Å². The van der Waals surface area contributed by atoms with Gasteiger partial charge in [-0.05, 0) is 75.8 Å². The Bertz CT molecular complexity index is 1930. The first-order chi connectivity index (χ1) is 24.7. The number of piperazine rings is 1. The molecule has 5 rings (SSSR count). The quantitative estimate of drug-likeness (QED) is 0.113. The summed E-state index contributed by atoms with van der Waals surface area (Å²) in [6.07, 6.45) is 2.08. The van der Waals surface area contributed by atoms with Crippen molar-refractivity contribution < 1.29 is 27.5 Å². The number of halogens is 2. The number of fused-ring (bicyclic) bond motifs is 1. The predicted octanol–water partition coefficient (Wildman–Crippen LogP) is 3.01. The van der Waals surface area contributed by atoms with Crippen LogP contribution in [0.25, 0.3) is 10.9 Å². The SMILES string of the molecule is Cc1cc(C)c2cccc(OCc3c(Cl)ccc(S(=O)(=O)NC4(C(=O)N5CCN(C(=O)[C@@H](N)CCCCN=C(N)N)CC5)CCOCC4)c3Cl)c2n1. The van der Waals surface area contributed by atoms with Gasteiger partial charge in [-0.3, -0.25) is 14.6 Å². The lowest BCUT2D eigenvalue weighted by molar-refractivity contribution is -0.146. The summed E-state index contributed by atoms with van der Waals surface area (Å²) in [6.45, 7) is 5.55. The lowest BCUT2D eigenvalue weighted by Gasteiger charge is -2.43. The first-order valence-corrected chi connectivity index (χ1v) is 19.4. The number of unbranched alkanes of at least 4 members (excludes halogenated alkanes) is 1. The number of hydrogen-bond acceptors (Lipinski definition) is 9. The maximum Gasteiger partial charge on any atom is 0.244 e. The number of pyridine rings is 1. The number of nitrogens with two attached hydrogens (primary N) is 3. The molecule has 0 spiro atoms. The van der Waals surface area contributed by atoms with Crippen LogP contribution in [0.15, 0.2) is 46.3 Å². The van der Waals surface area contributed by atoms with E-state index in [1.165, 1.54) is 12.1 Å². The minimum Gasteiger partial charge on any atom is -0.487 e. The number of guanidine groups is 1. The van der Waals surface area contributed by atoms with E-state index in [0.29, 0.717) is 37.1 Å². The number of para-hydroxylation sites is 1. The molecule has 14 nitrogen and oxygen atoms in total. The van der Waals surface area contributed by atoms with E-state index >= 15 is 0 Å². The molecule has 2 fully saturated rings. The number of carbonyl (C=O) groups is 2. The third-order valence-corrected chi connectivity index (χ3v) is 11.9. The fourth-order valence-corrected chi connectivity index (χ4v) is 8.91. The molecule has 2 amide bonds. The van der Waals surface area contributed by atoms with Crippen LogP contribution in [0.1, 0.15) is 48.9 Å². The Kier molecular flexibility index (Phi) is 12.9. The number of aryl methyl sites for hydroxylation is 2. The lowest BCUT2D eigenvalue weighted by atomic mass is 9.89. The van der Waals surface area contributed by atoms with E-state index in [2.05, 4.69) is 14.7 Å². The van der Waals surface area contributed by atoms with Crippen molar-refractivity contribution >= 4 is 61.9 Å². The minimum absolute atomic E-state index is 0.0212. The van der Waals surface area contributed by atoms with Crippen LogP contribution >= 0.6 is 23.2 Å². The normalized spacial score (nSPS) is 16.8. The highest BCUT2D eigenvalue weighted by Crippen LogP contribution is 2.35. The van der Waals surface area contributed by atoms with Gasteiger partial charge in [-0.25, -0.2) is 13.4 Å². The molecule has 0 saturated carbocycles. The number of hydrogen-bond donors (Lipinski definition) is 4. The highest BCUT2D eigenvalue weighted by molar-refractivity contribution is 7.89. The van der Waals surface area contributed by atoms with Crippen molar-refractivity contribution in [3.63, 3.8) is 0 Å². The van der Waals surface area contributed by atoms with Crippen LogP contribution in [0.3, 0.4) is 0 Å². The average Bonchev–Trinajstić information content (AvgIpc) is 3.10. The number of aromatic nitrogens is 1. The van der Waals surface area contributed by atoms with Gasteiger partial charge in [-0.15, -0.1) is 0 Å². The van der Waals surface area contributed by atoms with Gasteiger partial charge in [0.05, 0.1) is 11.1 Å². The van der Waals surface area contributed by atoms with Gasteiger partial charge in [0.2, 0.25) is 21.8 Å². The number of amides is 2. The van der Waals surface area contributed by atoms with Crippen molar-refractivity contribution in [1.82, 2.24) is 19.5 Å². The summed E-state index contributed by atoms with van der Waals surface area (Å²) in [7, 11) is -4.37. The van der Waals surface area contributed by atoms with E-state index in [4.69, 9.17) is 49.9 Å². The highest BCUT2D eigenvalue weighted by Gasteiger charge is 2.47. The smallest absolute Gasteiger partial charge is 0.244 e. The Labute approximate surface area is 314 Å². The molecule has 52 heavy (non-hydrogen) atoms. The van der Waals surface area contributed by atoms with Gasteiger partial charge in [0.25, 0.3) is 0 Å². The number of nitrogens with one attached hydrogen (secondary N) is 1. The molecule has 2 aliphatic heterocycles. The fourth-order valence-electron chi connectivity index (χ4n) is 6.60. The summed E-state index contributed by atoms with van der Waals surface area (Å²) in [5.74, 6) is -0.0709. The Morgan fingerprint density at radius 2 is 1.75 bits per heavy atom. The zero-order valence-electron chi connectivity index (χ0n) is 29.4. The molecule has 0 bridgehead atoms. The first-order valence-electron chi connectivity index (χ1n) is 17.2. The van der Waals surface area contributed by atoms with Crippen molar-refractivity contribution in [1.29, 1.82) is 0 Å². The van der Waals surface area contributed by atoms with E-state index in [9.17, 15) is 18.0 Å². The van der Waals surface area contributed by atoms with Gasteiger partial charge < -0.3 is 36.5 Å². The molecule has 2 aromatic carbocycles. The molecule has 282 valence electrons. The van der Waals surface area contributed by atoms with Gasteiger partial charge in [-0.2, -0.15) is 4.72 Å². The largest absolute Gasteiger partial charge is 0.487 e. The van der Waals surface area contributed by atoms with Crippen molar-refractivity contribution in [3.05, 3.63) is 63.3 Å². The lowest BCUT2D eigenvalue weighted by Crippen LogP contribution is -2.64. The molecule has 2 saturated heterocycles. The zero-order chi connectivity index (χ0) is 37.6. The van der Waals surface area contributed by atoms with Crippen molar-refractivity contribution in [3.8, 4) is 5.75 Å². The summed E-state index contributed by atoms with van der Waals surface area (Å²) in [5.41, 5.74) is 18.2. The first kappa shape index (κ1) is 39.5. The van der Waals surface area contributed by atoms with Crippen LogP contribution < -0.4 is 26.7 Å². The topological polar surface area (TPSA) is 209 Å². The third-order valence-electron chi connectivity index (χ3n) is 9.45. The van der Waals surface area contributed by atoms with Crippen molar-refractivity contribution in [2.24, 2.45) is 22.2 Å². The van der Waals surface area contributed by atoms with Crippen LogP contribution in [0.5, 0.6) is 5.75 Å². The van der Waals surface area contributed by atoms with Crippen LogP contribution in [0.2, 0.25) is 10.0 Å². The fraction of sp³-hybridized carbons (Fsp3) is 0.486. The van der Waals surface area contributed by atoms with Gasteiger partial charge in [0.15, 0.2) is 5.96 Å². The molecule has 17 heteroatoms. The number of benzene rings is 2. The van der Waals surface area contributed by atoms with Crippen LogP contribution in [-0.2, 0) is 31.0 Å². The second-order valence-corrected chi connectivity index (χ2v) is 15.6. The standard InChI is InChI=1S/C35H46Cl2N8O6S/c1-22-20-23(2)42-31-24(22)6-5-8-28(31)51-21-25-26(36)9-10-29(30(25)37)52(48,49)43-35(11-18-50-19-12-35)33(47)45-16-14-44(15-17-45)32(46)27(38)7-3-4-13-41-34(39)40/h5-6,8-10,20,27,43H,3-4,7,11-19,21,38H2,1-2H3,(H4,39,40,41)/t27-/m0/s1. The Balaban J connectivity index is 1.28. The summed E-state index contributed by atoms with van der Waals surface area (Å²) in [6, 6.07) is 9.64. The molecule has 2 aliphatic rings. The monoisotopic (exact) mass is 776 g/mol. The van der Waals surface area contributed by atoms with Gasteiger partial charge in [0.1, 0.15) is 28.3 Å². The minimum atomic E-state index is -4.37. The van der Waals surface area contributed by atoms with Crippen LogP contribution in [-0.4, -0.2) is 98.5 Å². The van der Waals surface area contributed by atoms with Crippen molar-refractivity contribution in [2.45, 2.75) is 69.0 Å². The molecule has 7 N–H and O–H groups in total. The molecule has 3 aromatic rings. The Hall–Kier alpha value is -3.73. The van der Waals surface area contributed by atoms with Crippen LogP contribution in [0, 0.1) is 13.8 Å². The summed E-state index contributed by atoms with van der Waals surface area (Å²) < 4.78 is 42.6. The third kappa shape index (κ3) is 9.07. The number of ether oxygens (including phenoxy) is 2. The summed E-state index contributed by atoms with van der Waals surface area (Å²) in [5, 5.41) is 1.03. The maximum absolute atomic E-state index is 14.2. The van der Waals surface area contributed by atoms with E-state index in [-0.39, 0.29) is 91.2 Å². The van der Waals surface area contributed by atoms with Gasteiger partial charge in [-0.1, -0.05) is 35.3 Å². The second-order valence-electron chi connectivity index (χ2n) is 13.2. The molecule has 0 unspecified atom stereocenters. The molecular weight excluding hydrogens is 731 g/mol. The predicted molar refractivity (Wildman–Crippen MR) is 201 cm³/mol. The van der Waals surface area contributed by atoms with E-state index in [1.54, 1.807) is 15.9 Å². The van der Waals surface area contributed by atoms with Crippen LogP contribution in [0.4, 0.5) is 0 Å². The molecule has 0 aliphatic carbocycles. The number of aliphatic imine (C=N–C) groups is 1. The molecule has 1 atom stereocenters. The van der Waals surface area contributed by atoms with E-state index in [0.717, 1.165) is 16.6 Å². The molecule has 1 aromatic heterocycles. The molecule has 0 radical (unpaired) electrons. The summed E-state index contributed by atoms with van der Waals surface area (Å²) >= 11 is 13.3. The second kappa shape index (κ2) is 16.9.